The maximum Gasteiger partial charge on any atom is 0.256 e. The van der Waals surface area contributed by atoms with Crippen LogP contribution in [0.5, 0.6) is 5.75 Å². The number of methoxy groups -OCH3 is 1. The van der Waals surface area contributed by atoms with Crippen LogP contribution in [0.1, 0.15) is 38.5 Å². The van der Waals surface area contributed by atoms with Crippen molar-refractivity contribution in [1.29, 1.82) is 0 Å². The Bertz CT molecular complexity index is 725. The smallest absolute Gasteiger partial charge is 0.256 e. The van der Waals surface area contributed by atoms with Crippen LogP contribution in [0.25, 0.3) is 0 Å². The Morgan fingerprint density at radius 3 is 2.95 bits per heavy atom. The van der Waals surface area contributed by atoms with Crippen LogP contribution in [0.15, 0.2) is 23.1 Å². The lowest BCUT2D eigenvalue weighted by Crippen LogP contribution is -2.24. The van der Waals surface area contributed by atoms with E-state index in [0.717, 1.165) is 12.8 Å². The number of carbonyl (C=O) groups is 1. The van der Waals surface area contributed by atoms with Crippen molar-refractivity contribution >= 4 is 17.2 Å². The second kappa shape index (κ2) is 6.36. The minimum Gasteiger partial charge on any atom is -0.496 e. The summed E-state index contributed by atoms with van der Waals surface area (Å²) in [6, 6.07) is 3.47. The molecule has 2 aromatic rings. The number of H-pyrrole nitrogens is 1. The average molecular weight is 318 g/mol. The first-order chi connectivity index (χ1) is 10.7. The maximum absolute atomic E-state index is 12.2. The third-order valence-corrected chi connectivity index (χ3v) is 5.06. The molecule has 2 heterocycles. The Kier molecular flexibility index (Phi) is 4.29. The van der Waals surface area contributed by atoms with E-state index in [-0.39, 0.29) is 17.2 Å². The number of fused-ring (bicyclic) bond motifs is 1. The van der Waals surface area contributed by atoms with E-state index >= 15 is 0 Å². The highest BCUT2D eigenvalue weighted by Gasteiger charge is 2.16. The number of aromatic amines is 1. The monoisotopic (exact) mass is 318 g/mol. The van der Waals surface area contributed by atoms with Crippen LogP contribution in [-0.2, 0) is 19.4 Å². The average Bonchev–Trinajstić information content (AvgIpc) is 2.95. The molecule has 0 radical (unpaired) electrons. The Hall–Kier alpha value is -2.08. The Balaban J connectivity index is 1.70. The summed E-state index contributed by atoms with van der Waals surface area (Å²) in [7, 11) is 1.44. The highest BCUT2D eigenvalue weighted by atomic mass is 32.1. The zero-order chi connectivity index (χ0) is 15.5. The van der Waals surface area contributed by atoms with E-state index in [0.29, 0.717) is 12.1 Å². The highest BCUT2D eigenvalue weighted by Crippen LogP contribution is 2.29. The summed E-state index contributed by atoms with van der Waals surface area (Å²) in [4.78, 5) is 28.6. The molecular formula is C16H18N2O3S. The summed E-state index contributed by atoms with van der Waals surface area (Å²) < 4.78 is 5.09. The minimum absolute atomic E-state index is 0.250. The van der Waals surface area contributed by atoms with Gasteiger partial charge in [0.05, 0.1) is 19.2 Å². The van der Waals surface area contributed by atoms with E-state index in [4.69, 9.17) is 4.74 Å². The Morgan fingerprint density at radius 2 is 2.18 bits per heavy atom. The van der Waals surface area contributed by atoms with Crippen LogP contribution >= 0.6 is 11.3 Å². The number of aryl methyl sites for hydroxylation is 2. The van der Waals surface area contributed by atoms with Gasteiger partial charge in [-0.1, -0.05) is 0 Å². The standard InChI is InChI=1S/C16H18N2O3S/c1-21-13-7-15(19)17-9-12(13)16(20)18-8-11-6-10-4-2-3-5-14(10)22-11/h6-7,9H,2-5,8H2,1H3,(H,17,19)(H,18,20). The van der Waals surface area contributed by atoms with Gasteiger partial charge in [-0.25, -0.2) is 0 Å². The molecule has 116 valence electrons. The van der Waals surface area contributed by atoms with Crippen molar-refractivity contribution in [2.24, 2.45) is 0 Å². The van der Waals surface area contributed by atoms with Gasteiger partial charge in [-0.05, 0) is 37.3 Å². The van der Waals surface area contributed by atoms with Gasteiger partial charge in [-0.15, -0.1) is 11.3 Å². The summed E-state index contributed by atoms with van der Waals surface area (Å²) in [5.74, 6) is 0.0335. The van der Waals surface area contributed by atoms with Crippen LogP contribution in [0, 0.1) is 0 Å². The topological polar surface area (TPSA) is 71.2 Å². The summed E-state index contributed by atoms with van der Waals surface area (Å²) in [5, 5.41) is 2.89. The first kappa shape index (κ1) is 14.8. The first-order valence-corrected chi connectivity index (χ1v) is 8.14. The van der Waals surface area contributed by atoms with Gasteiger partial charge < -0.3 is 15.0 Å². The van der Waals surface area contributed by atoms with Gasteiger partial charge in [0.2, 0.25) is 0 Å². The number of rotatable bonds is 4. The molecule has 0 bridgehead atoms. The third kappa shape index (κ3) is 3.06. The zero-order valence-corrected chi connectivity index (χ0v) is 13.2. The van der Waals surface area contributed by atoms with Crippen LogP contribution in [0.3, 0.4) is 0 Å². The third-order valence-electron chi connectivity index (χ3n) is 3.82. The molecule has 0 unspecified atom stereocenters. The Morgan fingerprint density at radius 1 is 1.36 bits per heavy atom. The van der Waals surface area contributed by atoms with Gasteiger partial charge in [0.25, 0.3) is 11.5 Å². The number of hydrogen-bond donors (Lipinski definition) is 2. The van der Waals surface area contributed by atoms with E-state index in [1.165, 1.54) is 47.5 Å². The van der Waals surface area contributed by atoms with E-state index < -0.39 is 0 Å². The number of amides is 1. The van der Waals surface area contributed by atoms with Crippen molar-refractivity contribution in [1.82, 2.24) is 10.3 Å². The van der Waals surface area contributed by atoms with Crippen molar-refractivity contribution in [3.8, 4) is 5.75 Å². The van der Waals surface area contributed by atoms with Crippen LogP contribution < -0.4 is 15.6 Å². The highest BCUT2D eigenvalue weighted by molar-refractivity contribution is 7.12. The van der Waals surface area contributed by atoms with Crippen LogP contribution in [-0.4, -0.2) is 18.0 Å². The summed E-state index contributed by atoms with van der Waals surface area (Å²) >= 11 is 1.78. The van der Waals surface area contributed by atoms with Gasteiger partial charge in [0.1, 0.15) is 5.75 Å². The zero-order valence-electron chi connectivity index (χ0n) is 12.4. The number of nitrogens with one attached hydrogen (secondary N) is 2. The van der Waals surface area contributed by atoms with Crippen LogP contribution in [0.4, 0.5) is 0 Å². The van der Waals surface area contributed by atoms with Crippen molar-refractivity contribution in [3.63, 3.8) is 0 Å². The normalized spacial score (nSPS) is 13.5. The lowest BCUT2D eigenvalue weighted by molar-refractivity contribution is 0.0948. The van der Waals surface area contributed by atoms with Gasteiger partial charge in [-0.2, -0.15) is 0 Å². The van der Waals surface area contributed by atoms with E-state index in [1.807, 2.05) is 0 Å². The van der Waals surface area contributed by atoms with E-state index in [1.54, 1.807) is 11.3 Å². The fourth-order valence-corrected chi connectivity index (χ4v) is 3.90. The minimum atomic E-state index is -0.292. The molecular weight excluding hydrogens is 300 g/mol. The second-order valence-electron chi connectivity index (χ2n) is 5.33. The number of ether oxygens (including phenoxy) is 1. The molecule has 0 saturated heterocycles. The van der Waals surface area contributed by atoms with Gasteiger partial charge >= 0.3 is 0 Å². The van der Waals surface area contributed by atoms with E-state index in [2.05, 4.69) is 16.4 Å². The second-order valence-corrected chi connectivity index (χ2v) is 6.55. The molecule has 2 aromatic heterocycles. The summed E-state index contributed by atoms with van der Waals surface area (Å²) in [6.07, 6.45) is 6.20. The number of pyridine rings is 1. The van der Waals surface area contributed by atoms with E-state index in [9.17, 15) is 9.59 Å². The fraction of sp³-hybridized carbons (Fsp3) is 0.375. The Labute approximate surface area is 132 Å². The fourth-order valence-electron chi connectivity index (χ4n) is 2.70. The molecule has 3 rings (SSSR count). The molecule has 0 atom stereocenters. The quantitative estimate of drug-likeness (QED) is 0.908. The molecule has 5 nitrogen and oxygen atoms in total. The molecule has 0 fully saturated rings. The van der Waals surface area contributed by atoms with Gasteiger partial charge in [-0.3, -0.25) is 9.59 Å². The SMILES string of the molecule is COc1cc(=O)[nH]cc1C(=O)NCc1cc2c(s1)CCCC2. The summed E-state index contributed by atoms with van der Waals surface area (Å²) in [5.41, 5.74) is 1.48. The van der Waals surface area contributed by atoms with Crippen molar-refractivity contribution < 1.29 is 9.53 Å². The molecule has 1 aliphatic carbocycles. The van der Waals surface area contributed by atoms with Gasteiger partial charge in [0.15, 0.2) is 0 Å². The van der Waals surface area contributed by atoms with Gasteiger partial charge in [0, 0.05) is 22.0 Å². The number of thiophene rings is 1. The summed E-state index contributed by atoms with van der Waals surface area (Å²) in [6.45, 7) is 0.499. The number of hydrogen-bond acceptors (Lipinski definition) is 4. The first-order valence-electron chi connectivity index (χ1n) is 7.33. The van der Waals surface area contributed by atoms with Crippen LogP contribution in [0.2, 0.25) is 0 Å². The molecule has 0 saturated carbocycles. The predicted molar refractivity (Wildman–Crippen MR) is 85.7 cm³/mol. The molecule has 0 aliphatic heterocycles. The molecule has 0 aromatic carbocycles. The number of aromatic nitrogens is 1. The van der Waals surface area contributed by atoms with Crippen molar-refractivity contribution in [2.75, 3.05) is 7.11 Å². The molecule has 22 heavy (non-hydrogen) atoms. The number of carbonyl (C=O) groups excluding carboxylic acids is 1. The molecule has 0 spiro atoms. The molecule has 1 amide bonds. The molecule has 1 aliphatic rings. The lowest BCUT2D eigenvalue weighted by atomic mass is 9.99. The predicted octanol–water partition coefficient (Wildman–Crippen LogP) is 2.25. The van der Waals surface area contributed by atoms with Crippen molar-refractivity contribution in [3.05, 3.63) is 49.6 Å². The molecule has 2 N–H and O–H groups in total. The largest absolute Gasteiger partial charge is 0.496 e. The maximum atomic E-state index is 12.2. The molecule has 6 heteroatoms. The van der Waals surface area contributed by atoms with Crippen molar-refractivity contribution in [2.45, 2.75) is 32.2 Å². The lowest BCUT2D eigenvalue weighted by Gasteiger charge is -2.08.